The monoisotopic (exact) mass is 298 g/mol. The molecule has 0 unspecified atom stereocenters. The number of hydrogen-bond acceptors (Lipinski definition) is 2. The lowest BCUT2D eigenvalue weighted by molar-refractivity contribution is 0.590. The Labute approximate surface area is 132 Å². The fraction of sp³-hybridized carbons (Fsp3) is 0.278. The van der Waals surface area contributed by atoms with Crippen LogP contribution in [0.3, 0.4) is 0 Å². The number of nitrogens with two attached hydrogens (primary N) is 1. The van der Waals surface area contributed by atoms with Gasteiger partial charge in [-0.25, -0.2) is 0 Å². The molecule has 0 aliphatic rings. The number of nitrogens with one attached hydrogen (secondary N) is 1. The fourth-order valence-electron chi connectivity index (χ4n) is 2.24. The summed E-state index contributed by atoms with van der Waals surface area (Å²) in [5.41, 5.74) is 11.3. The van der Waals surface area contributed by atoms with Crippen molar-refractivity contribution < 1.29 is 0 Å². The van der Waals surface area contributed by atoms with Crippen LogP contribution in [-0.4, -0.2) is 4.99 Å². The maximum Gasteiger partial charge on any atom is 0.106 e. The topological polar surface area (TPSA) is 38.0 Å². The molecule has 110 valence electrons. The lowest BCUT2D eigenvalue weighted by atomic mass is 9.87. The Morgan fingerprint density at radius 1 is 1.05 bits per heavy atom. The SMILES string of the molecule is Cc1cccc(C(N)=S)c1Nc1ccc(C(C)(C)C)cc1. The summed E-state index contributed by atoms with van der Waals surface area (Å²) in [4.78, 5) is 0.410. The minimum Gasteiger partial charge on any atom is -0.389 e. The molecule has 0 spiro atoms. The van der Waals surface area contributed by atoms with Crippen LogP contribution in [0.2, 0.25) is 0 Å². The van der Waals surface area contributed by atoms with E-state index in [1.807, 2.05) is 25.1 Å². The van der Waals surface area contributed by atoms with Crippen LogP contribution < -0.4 is 11.1 Å². The second-order valence-corrected chi connectivity index (χ2v) is 6.75. The van der Waals surface area contributed by atoms with E-state index in [2.05, 4.69) is 50.4 Å². The Morgan fingerprint density at radius 3 is 2.19 bits per heavy atom. The van der Waals surface area contributed by atoms with Gasteiger partial charge in [-0.3, -0.25) is 0 Å². The Balaban J connectivity index is 2.33. The first-order valence-electron chi connectivity index (χ1n) is 7.06. The number of aryl methyl sites for hydroxylation is 1. The fourth-order valence-corrected chi connectivity index (χ4v) is 2.41. The lowest BCUT2D eigenvalue weighted by Crippen LogP contribution is -2.13. The number of rotatable bonds is 3. The van der Waals surface area contributed by atoms with E-state index in [4.69, 9.17) is 18.0 Å². The molecule has 0 aliphatic carbocycles. The van der Waals surface area contributed by atoms with Gasteiger partial charge in [0, 0.05) is 11.3 Å². The molecule has 3 heteroatoms. The van der Waals surface area contributed by atoms with Gasteiger partial charge in [0.2, 0.25) is 0 Å². The molecule has 2 aromatic carbocycles. The molecule has 0 atom stereocenters. The molecule has 2 aromatic rings. The zero-order valence-corrected chi connectivity index (χ0v) is 13.8. The summed E-state index contributed by atoms with van der Waals surface area (Å²) in [6.07, 6.45) is 0. The lowest BCUT2D eigenvalue weighted by Gasteiger charge is -2.20. The molecule has 0 amide bonds. The minimum atomic E-state index is 0.158. The predicted octanol–water partition coefficient (Wildman–Crippen LogP) is 4.67. The molecule has 0 aromatic heterocycles. The molecule has 0 fully saturated rings. The molecular formula is C18H22N2S. The van der Waals surface area contributed by atoms with Gasteiger partial charge in [0.25, 0.3) is 0 Å². The summed E-state index contributed by atoms with van der Waals surface area (Å²) >= 11 is 5.13. The highest BCUT2D eigenvalue weighted by molar-refractivity contribution is 7.80. The van der Waals surface area contributed by atoms with Gasteiger partial charge in [0.1, 0.15) is 4.99 Å². The van der Waals surface area contributed by atoms with Crippen molar-refractivity contribution in [3.8, 4) is 0 Å². The molecule has 0 bridgehead atoms. The van der Waals surface area contributed by atoms with E-state index in [1.54, 1.807) is 0 Å². The van der Waals surface area contributed by atoms with E-state index in [1.165, 1.54) is 5.56 Å². The highest BCUT2D eigenvalue weighted by Crippen LogP contribution is 2.27. The van der Waals surface area contributed by atoms with Gasteiger partial charge in [-0.1, -0.05) is 57.3 Å². The molecule has 0 saturated carbocycles. The first kappa shape index (κ1) is 15.5. The maximum absolute atomic E-state index is 5.81. The normalized spacial score (nSPS) is 11.2. The second-order valence-electron chi connectivity index (χ2n) is 6.31. The van der Waals surface area contributed by atoms with Crippen molar-refractivity contribution in [2.75, 3.05) is 5.32 Å². The Bertz CT molecular complexity index is 652. The molecule has 0 heterocycles. The van der Waals surface area contributed by atoms with Crippen LogP contribution >= 0.6 is 12.2 Å². The van der Waals surface area contributed by atoms with Crippen molar-refractivity contribution in [1.82, 2.24) is 0 Å². The van der Waals surface area contributed by atoms with Gasteiger partial charge >= 0.3 is 0 Å². The van der Waals surface area contributed by atoms with E-state index in [0.717, 1.165) is 22.5 Å². The Morgan fingerprint density at radius 2 is 1.67 bits per heavy atom. The van der Waals surface area contributed by atoms with E-state index < -0.39 is 0 Å². The molecule has 3 N–H and O–H groups in total. The van der Waals surface area contributed by atoms with Crippen molar-refractivity contribution in [2.24, 2.45) is 5.73 Å². The van der Waals surface area contributed by atoms with Gasteiger partial charge in [-0.2, -0.15) is 0 Å². The van der Waals surface area contributed by atoms with E-state index in [9.17, 15) is 0 Å². The predicted molar refractivity (Wildman–Crippen MR) is 95.5 cm³/mol. The number of anilines is 2. The van der Waals surface area contributed by atoms with Gasteiger partial charge in [0.05, 0.1) is 5.69 Å². The number of hydrogen-bond donors (Lipinski definition) is 2. The smallest absolute Gasteiger partial charge is 0.106 e. The summed E-state index contributed by atoms with van der Waals surface area (Å²) in [6, 6.07) is 14.5. The molecule has 2 nitrogen and oxygen atoms in total. The summed E-state index contributed by atoms with van der Waals surface area (Å²) in [5, 5.41) is 3.43. The molecule has 0 aliphatic heterocycles. The van der Waals surface area contributed by atoms with Crippen molar-refractivity contribution in [3.05, 3.63) is 59.2 Å². The van der Waals surface area contributed by atoms with Crippen LogP contribution in [0.4, 0.5) is 11.4 Å². The molecule has 2 rings (SSSR count). The third kappa shape index (κ3) is 3.61. The minimum absolute atomic E-state index is 0.158. The zero-order valence-electron chi connectivity index (χ0n) is 13.0. The maximum atomic E-state index is 5.81. The van der Waals surface area contributed by atoms with Gasteiger partial charge in [-0.05, 0) is 41.7 Å². The van der Waals surface area contributed by atoms with Crippen molar-refractivity contribution >= 4 is 28.6 Å². The van der Waals surface area contributed by atoms with Crippen LogP contribution in [-0.2, 0) is 5.41 Å². The van der Waals surface area contributed by atoms with Crippen molar-refractivity contribution in [2.45, 2.75) is 33.1 Å². The van der Waals surface area contributed by atoms with Gasteiger partial charge < -0.3 is 11.1 Å². The van der Waals surface area contributed by atoms with Crippen LogP contribution in [0.15, 0.2) is 42.5 Å². The third-order valence-corrected chi connectivity index (χ3v) is 3.78. The first-order chi connectivity index (χ1) is 9.79. The van der Waals surface area contributed by atoms with Gasteiger partial charge in [0.15, 0.2) is 0 Å². The summed E-state index contributed by atoms with van der Waals surface area (Å²) in [5.74, 6) is 0. The van der Waals surface area contributed by atoms with Crippen molar-refractivity contribution in [1.29, 1.82) is 0 Å². The first-order valence-corrected chi connectivity index (χ1v) is 7.47. The highest BCUT2D eigenvalue weighted by atomic mass is 32.1. The molecular weight excluding hydrogens is 276 g/mol. The van der Waals surface area contributed by atoms with E-state index in [-0.39, 0.29) is 5.41 Å². The second kappa shape index (κ2) is 5.86. The molecule has 0 radical (unpaired) electrons. The Hall–Kier alpha value is -1.87. The summed E-state index contributed by atoms with van der Waals surface area (Å²) in [6.45, 7) is 8.68. The number of benzene rings is 2. The van der Waals surface area contributed by atoms with Crippen LogP contribution in [0.5, 0.6) is 0 Å². The van der Waals surface area contributed by atoms with E-state index in [0.29, 0.717) is 4.99 Å². The number of thiocarbonyl (C=S) groups is 1. The van der Waals surface area contributed by atoms with E-state index >= 15 is 0 Å². The quantitative estimate of drug-likeness (QED) is 0.809. The van der Waals surface area contributed by atoms with Crippen LogP contribution in [0.25, 0.3) is 0 Å². The Kier molecular flexibility index (Phi) is 4.33. The average molecular weight is 298 g/mol. The van der Waals surface area contributed by atoms with Crippen LogP contribution in [0.1, 0.15) is 37.5 Å². The summed E-state index contributed by atoms with van der Waals surface area (Å²) < 4.78 is 0. The zero-order chi connectivity index (χ0) is 15.6. The van der Waals surface area contributed by atoms with Crippen molar-refractivity contribution in [3.63, 3.8) is 0 Å². The number of para-hydroxylation sites is 1. The molecule has 0 saturated heterocycles. The van der Waals surface area contributed by atoms with Crippen LogP contribution in [0, 0.1) is 6.92 Å². The van der Waals surface area contributed by atoms with Gasteiger partial charge in [-0.15, -0.1) is 0 Å². The third-order valence-electron chi connectivity index (χ3n) is 3.56. The summed E-state index contributed by atoms with van der Waals surface area (Å²) in [7, 11) is 0. The standard InChI is InChI=1S/C18H22N2S/c1-12-6-5-7-15(17(19)21)16(12)20-14-10-8-13(9-11-14)18(2,3)4/h5-11,20H,1-4H3,(H2,19,21). The average Bonchev–Trinajstić information content (AvgIpc) is 2.40. The highest BCUT2D eigenvalue weighted by Gasteiger charge is 2.13. The molecule has 21 heavy (non-hydrogen) atoms. The largest absolute Gasteiger partial charge is 0.389 e.